The van der Waals surface area contributed by atoms with Crippen molar-refractivity contribution in [2.75, 3.05) is 6.61 Å². The van der Waals surface area contributed by atoms with E-state index < -0.39 is 48.6 Å². The molecule has 5 atom stereocenters. The van der Waals surface area contributed by atoms with Gasteiger partial charge in [-0.15, -0.1) is 0 Å². The van der Waals surface area contributed by atoms with Crippen LogP contribution < -0.4 is 10.9 Å². The average molecular weight is 365 g/mol. The highest BCUT2D eigenvalue weighted by Gasteiger charge is 2.43. The first kappa shape index (κ1) is 18.3. The summed E-state index contributed by atoms with van der Waals surface area (Å²) in [7, 11) is 0. The third-order valence-electron chi connectivity index (χ3n) is 4.44. The number of hydrogen-bond donors (Lipinski definition) is 5. The molecule has 5 N–H and O–H groups in total. The summed E-state index contributed by atoms with van der Waals surface area (Å²) < 4.78 is 10.4. The maximum Gasteiger partial charge on any atom is 0.349 e. The molecule has 2 aromatic rings. The van der Waals surface area contributed by atoms with E-state index in [9.17, 15) is 24.9 Å². The fourth-order valence-electron chi connectivity index (χ4n) is 2.99. The van der Waals surface area contributed by atoms with Crippen molar-refractivity contribution >= 4 is 16.9 Å². The number of carbonyl (C=O) groups is 1. The van der Waals surface area contributed by atoms with E-state index in [4.69, 9.17) is 14.3 Å². The molecule has 1 fully saturated rings. The van der Waals surface area contributed by atoms with Gasteiger partial charge in [-0.05, 0) is 25.1 Å². The second kappa shape index (κ2) is 7.04. The molecule has 0 aliphatic carbocycles. The third-order valence-corrected chi connectivity index (χ3v) is 4.44. The predicted molar refractivity (Wildman–Crippen MR) is 88.8 cm³/mol. The molecule has 1 aromatic carbocycles. The second-order valence-electron chi connectivity index (χ2n) is 6.21. The Labute approximate surface area is 147 Å². The number of benzene rings is 1. The van der Waals surface area contributed by atoms with E-state index in [2.05, 4.69) is 5.32 Å². The molecule has 0 radical (unpaired) electrons. The van der Waals surface area contributed by atoms with Crippen molar-refractivity contribution in [3.63, 3.8) is 0 Å². The highest BCUT2D eigenvalue weighted by Crippen LogP contribution is 2.22. The fraction of sp³-hybridized carbons (Fsp3) is 0.412. The Morgan fingerprint density at radius 1 is 1.23 bits per heavy atom. The summed E-state index contributed by atoms with van der Waals surface area (Å²) >= 11 is 0. The Kier molecular flexibility index (Phi) is 4.97. The van der Waals surface area contributed by atoms with E-state index in [0.29, 0.717) is 5.39 Å². The van der Waals surface area contributed by atoms with Gasteiger partial charge in [0.1, 0.15) is 35.2 Å². The Morgan fingerprint density at radius 3 is 2.65 bits per heavy atom. The molecule has 1 aliphatic rings. The zero-order chi connectivity index (χ0) is 19.0. The minimum atomic E-state index is -1.39. The molecule has 1 aromatic heterocycles. The van der Waals surface area contributed by atoms with Crippen molar-refractivity contribution in [2.24, 2.45) is 0 Å². The molecule has 0 bridgehead atoms. The summed E-state index contributed by atoms with van der Waals surface area (Å²) in [5.41, 5.74) is -1.07. The lowest BCUT2D eigenvalue weighted by Gasteiger charge is -2.41. The highest BCUT2D eigenvalue weighted by atomic mass is 16.5. The summed E-state index contributed by atoms with van der Waals surface area (Å²) in [6.45, 7) is 1.08. The summed E-state index contributed by atoms with van der Waals surface area (Å²) in [5, 5.41) is 41.6. The van der Waals surface area contributed by atoms with Crippen molar-refractivity contribution in [2.45, 2.75) is 37.4 Å². The minimum absolute atomic E-state index is 0.0819. The number of amides is 1. The van der Waals surface area contributed by atoms with Crippen LogP contribution >= 0.6 is 0 Å². The summed E-state index contributed by atoms with van der Waals surface area (Å²) in [6.07, 6.45) is -4.45. The lowest BCUT2D eigenvalue weighted by Crippen LogP contribution is -2.63. The molecule has 9 nitrogen and oxygen atoms in total. The number of aliphatic hydroxyl groups excluding tert-OH is 3. The number of hydrogen-bond acceptors (Lipinski definition) is 8. The number of carbonyl (C=O) groups excluding carboxylic acids is 1. The smallest absolute Gasteiger partial charge is 0.349 e. The van der Waals surface area contributed by atoms with E-state index in [1.807, 2.05) is 0 Å². The average Bonchev–Trinajstić information content (AvgIpc) is 2.60. The van der Waals surface area contributed by atoms with Crippen LogP contribution in [0.3, 0.4) is 0 Å². The van der Waals surface area contributed by atoms with Gasteiger partial charge in [0, 0.05) is 11.5 Å². The van der Waals surface area contributed by atoms with Crippen LogP contribution in [0.5, 0.6) is 5.75 Å². The minimum Gasteiger partial charge on any atom is -0.508 e. The van der Waals surface area contributed by atoms with Gasteiger partial charge in [-0.3, -0.25) is 4.79 Å². The number of ether oxygens (including phenoxy) is 1. The van der Waals surface area contributed by atoms with Gasteiger partial charge in [0.15, 0.2) is 0 Å². The summed E-state index contributed by atoms with van der Waals surface area (Å²) in [6, 6.07) is 4.45. The Bertz CT molecular complexity index is 879. The lowest BCUT2D eigenvalue weighted by atomic mass is 9.93. The Hall–Kier alpha value is -2.46. The van der Waals surface area contributed by atoms with Crippen LogP contribution in [-0.4, -0.2) is 63.4 Å². The maximum absolute atomic E-state index is 12.5. The van der Waals surface area contributed by atoms with Gasteiger partial charge in [0.25, 0.3) is 5.91 Å². The van der Waals surface area contributed by atoms with Crippen molar-refractivity contribution in [3.05, 3.63) is 40.2 Å². The van der Waals surface area contributed by atoms with Crippen molar-refractivity contribution in [3.8, 4) is 5.75 Å². The van der Waals surface area contributed by atoms with E-state index in [1.165, 1.54) is 24.3 Å². The maximum atomic E-state index is 12.5. The van der Waals surface area contributed by atoms with Gasteiger partial charge in [-0.1, -0.05) is 0 Å². The zero-order valence-corrected chi connectivity index (χ0v) is 13.8. The molecule has 0 saturated carbocycles. The van der Waals surface area contributed by atoms with Gasteiger partial charge in [-0.2, -0.15) is 0 Å². The number of phenols is 1. The normalized spacial score (nSPS) is 28.8. The van der Waals surface area contributed by atoms with Gasteiger partial charge in [-0.25, -0.2) is 4.79 Å². The number of phenolic OH excluding ortho intramolecular Hbond substituents is 1. The molecule has 26 heavy (non-hydrogen) atoms. The molecule has 0 spiro atoms. The first-order valence-corrected chi connectivity index (χ1v) is 8.02. The van der Waals surface area contributed by atoms with E-state index in [1.54, 1.807) is 6.92 Å². The Balaban J connectivity index is 1.86. The van der Waals surface area contributed by atoms with Gasteiger partial charge in [0.05, 0.1) is 18.8 Å². The number of aliphatic hydroxyl groups is 3. The van der Waals surface area contributed by atoms with Crippen LogP contribution in [0.1, 0.15) is 17.3 Å². The lowest BCUT2D eigenvalue weighted by molar-refractivity contribution is -0.187. The number of aromatic hydroxyl groups is 1. The van der Waals surface area contributed by atoms with E-state index >= 15 is 0 Å². The highest BCUT2D eigenvalue weighted by molar-refractivity contribution is 5.97. The van der Waals surface area contributed by atoms with Crippen LogP contribution in [0.2, 0.25) is 0 Å². The monoisotopic (exact) mass is 365 g/mol. The summed E-state index contributed by atoms with van der Waals surface area (Å²) in [5.74, 6) is -0.885. The molecule has 2 heterocycles. The number of fused-ring (bicyclic) bond motifs is 1. The largest absolute Gasteiger partial charge is 0.508 e. The topological polar surface area (TPSA) is 149 Å². The third kappa shape index (κ3) is 3.29. The first-order valence-electron chi connectivity index (χ1n) is 8.02. The van der Waals surface area contributed by atoms with Gasteiger partial charge < -0.3 is 34.9 Å². The SMILES string of the molecule is CC1OC(CO)C(O)C(O)C1NC(=O)c1cc2ccc(O)cc2oc1=O. The predicted octanol–water partition coefficient (Wildman–Crippen LogP) is -0.902. The van der Waals surface area contributed by atoms with Crippen LogP contribution in [0, 0.1) is 0 Å². The molecule has 1 amide bonds. The zero-order valence-electron chi connectivity index (χ0n) is 13.8. The van der Waals surface area contributed by atoms with E-state index in [0.717, 1.165) is 0 Å². The molecule has 5 unspecified atom stereocenters. The quantitative estimate of drug-likeness (QED) is 0.439. The van der Waals surface area contributed by atoms with Crippen LogP contribution in [-0.2, 0) is 4.74 Å². The standard InChI is InChI=1S/C17H19NO8/c1-7-13(15(22)14(21)12(6-19)25-7)18-16(23)10-4-8-2-3-9(20)5-11(8)26-17(10)24/h2-5,7,12-15,19-22H,6H2,1H3,(H,18,23). The number of rotatable bonds is 3. The first-order chi connectivity index (χ1) is 12.3. The number of nitrogens with one attached hydrogen (secondary N) is 1. The summed E-state index contributed by atoms with van der Waals surface area (Å²) in [4.78, 5) is 24.5. The fourth-order valence-corrected chi connectivity index (χ4v) is 2.99. The van der Waals surface area contributed by atoms with Crippen LogP contribution in [0.25, 0.3) is 11.0 Å². The molecular weight excluding hydrogens is 346 g/mol. The van der Waals surface area contributed by atoms with Gasteiger partial charge in [0.2, 0.25) is 0 Å². The van der Waals surface area contributed by atoms with Crippen molar-refractivity contribution < 1.29 is 34.4 Å². The molecular formula is C17H19NO8. The molecule has 1 saturated heterocycles. The molecule has 140 valence electrons. The molecule has 3 rings (SSSR count). The second-order valence-corrected chi connectivity index (χ2v) is 6.21. The van der Waals surface area contributed by atoms with Crippen molar-refractivity contribution in [1.82, 2.24) is 5.32 Å². The van der Waals surface area contributed by atoms with Gasteiger partial charge >= 0.3 is 5.63 Å². The Morgan fingerprint density at radius 2 is 1.96 bits per heavy atom. The molecule has 9 heteroatoms. The van der Waals surface area contributed by atoms with Crippen LogP contribution in [0.15, 0.2) is 33.5 Å². The van der Waals surface area contributed by atoms with Crippen molar-refractivity contribution in [1.29, 1.82) is 0 Å². The van der Waals surface area contributed by atoms with E-state index in [-0.39, 0.29) is 16.9 Å². The molecule has 1 aliphatic heterocycles. The van der Waals surface area contributed by atoms with Crippen LogP contribution in [0.4, 0.5) is 0 Å².